The van der Waals surface area contributed by atoms with E-state index in [1.807, 2.05) is 51.9 Å². The molecule has 0 radical (unpaired) electrons. The summed E-state index contributed by atoms with van der Waals surface area (Å²) in [7, 11) is 3.94. The Bertz CT molecular complexity index is 1850. The van der Waals surface area contributed by atoms with Crippen LogP contribution >= 0.6 is 21.6 Å². The summed E-state index contributed by atoms with van der Waals surface area (Å²) in [6.45, 7) is 4.88. The summed E-state index contributed by atoms with van der Waals surface area (Å²) in [5.74, 6) is 0.550. The average Bonchev–Trinajstić information content (AvgIpc) is 3.85. The molecule has 2 aromatic heterocycles. The molecule has 3 aliphatic heterocycles. The quantitative estimate of drug-likeness (QED) is 0.0632. The second-order valence-electron chi connectivity index (χ2n) is 13.3. The summed E-state index contributed by atoms with van der Waals surface area (Å²) in [5, 5.41) is 4.61. The molecule has 0 bridgehead atoms. The van der Waals surface area contributed by atoms with Crippen molar-refractivity contribution in [1.82, 2.24) is 14.9 Å². The van der Waals surface area contributed by atoms with Crippen molar-refractivity contribution < 1.29 is 47.5 Å². The van der Waals surface area contributed by atoms with Gasteiger partial charge in [0.2, 0.25) is 11.5 Å². The van der Waals surface area contributed by atoms with Crippen LogP contribution in [0.4, 0.5) is 4.79 Å². The molecule has 3 aromatic rings. The topological polar surface area (TPSA) is 163 Å². The van der Waals surface area contributed by atoms with Crippen LogP contribution in [0.15, 0.2) is 41.2 Å². The van der Waals surface area contributed by atoms with Gasteiger partial charge in [0.25, 0.3) is 5.56 Å². The van der Waals surface area contributed by atoms with Crippen LogP contribution in [0.5, 0.6) is 0 Å². The summed E-state index contributed by atoms with van der Waals surface area (Å²) >= 11 is 0. The highest BCUT2D eigenvalue weighted by Gasteiger charge is 2.51. The maximum Gasteiger partial charge on any atom is 0.509 e. The van der Waals surface area contributed by atoms with Gasteiger partial charge in [-0.2, -0.15) is 0 Å². The van der Waals surface area contributed by atoms with Crippen LogP contribution in [0.3, 0.4) is 0 Å². The smallest absolute Gasteiger partial charge is 0.457 e. The standard InChI is InChI=1S/C39H49N3O11S2/c1-2-39(31-24-33-35-28(23-27-7-3-5-9-32(27)41-35)25-42(33)36(44)30(31)26-52-37(39)45)53-38(46)51-21-20-50-19-18-49-17-16-48-15-14-47-13-12-40-34(43)10-6-4-8-29-11-22-54-55-29/h3,5,7,9,23-24,29H,2,4,6,8,10-22,25-26H2,1H3,(H,40,43). The number of nitrogens with zero attached hydrogens (tertiary/aromatic N) is 2. The molecule has 1 amide bonds. The zero-order chi connectivity index (χ0) is 38.5. The number of carbonyl (C=O) groups excluding carboxylic acids is 3. The Morgan fingerprint density at radius 1 is 0.964 bits per heavy atom. The number of esters is 1. The number of nitrogens with one attached hydrogen (secondary N) is 1. The molecule has 0 saturated carbocycles. The molecule has 2 unspecified atom stereocenters. The molecule has 0 aliphatic carbocycles. The molecule has 1 N–H and O–H groups in total. The van der Waals surface area contributed by atoms with Crippen LogP contribution < -0.4 is 10.9 Å². The molecular weight excluding hydrogens is 751 g/mol. The number of hydrogen-bond donors (Lipinski definition) is 1. The van der Waals surface area contributed by atoms with Crippen molar-refractivity contribution >= 4 is 50.5 Å². The fourth-order valence-electron chi connectivity index (χ4n) is 6.77. The summed E-state index contributed by atoms with van der Waals surface area (Å²) in [4.78, 5) is 56.5. The minimum Gasteiger partial charge on any atom is -0.457 e. The Balaban J connectivity index is 0.822. The minimum absolute atomic E-state index is 0.0262. The predicted molar refractivity (Wildman–Crippen MR) is 208 cm³/mol. The molecule has 6 rings (SSSR count). The summed E-state index contributed by atoms with van der Waals surface area (Å²) < 4.78 is 39.9. The van der Waals surface area contributed by atoms with E-state index < -0.39 is 17.7 Å². The zero-order valence-corrected chi connectivity index (χ0v) is 32.8. The summed E-state index contributed by atoms with van der Waals surface area (Å²) in [6.07, 6.45) is 4.02. The second-order valence-corrected chi connectivity index (χ2v) is 16.1. The second kappa shape index (κ2) is 20.5. The Labute approximate surface area is 328 Å². The normalized spacial score (nSPS) is 18.4. The van der Waals surface area contributed by atoms with Gasteiger partial charge in [-0.25, -0.2) is 14.6 Å². The van der Waals surface area contributed by atoms with Crippen molar-refractivity contribution in [1.29, 1.82) is 0 Å². The van der Waals surface area contributed by atoms with E-state index in [-0.39, 0.29) is 55.4 Å². The van der Waals surface area contributed by atoms with Gasteiger partial charge >= 0.3 is 12.1 Å². The average molecular weight is 800 g/mol. The maximum atomic E-state index is 13.7. The van der Waals surface area contributed by atoms with Crippen molar-refractivity contribution in [2.45, 2.75) is 69.5 Å². The van der Waals surface area contributed by atoms with Gasteiger partial charge in [0.1, 0.15) is 13.2 Å². The number of amides is 1. The molecule has 14 nitrogen and oxygen atoms in total. The van der Waals surface area contributed by atoms with Crippen molar-refractivity contribution in [3.63, 3.8) is 0 Å². The number of rotatable bonds is 22. The molecule has 1 fully saturated rings. The Morgan fingerprint density at radius 3 is 2.42 bits per heavy atom. The van der Waals surface area contributed by atoms with E-state index in [1.165, 1.54) is 18.6 Å². The van der Waals surface area contributed by atoms with Crippen LogP contribution in [0.25, 0.3) is 22.3 Å². The van der Waals surface area contributed by atoms with Crippen molar-refractivity contribution in [2.75, 3.05) is 71.8 Å². The molecule has 298 valence electrons. The molecule has 2 atom stereocenters. The van der Waals surface area contributed by atoms with Crippen molar-refractivity contribution in [3.05, 3.63) is 63.4 Å². The van der Waals surface area contributed by atoms with Crippen LogP contribution in [0, 0.1) is 0 Å². The first-order valence-corrected chi connectivity index (χ1v) is 21.3. The first-order valence-electron chi connectivity index (χ1n) is 18.9. The lowest BCUT2D eigenvalue weighted by atomic mass is 9.85. The van der Waals surface area contributed by atoms with E-state index >= 15 is 0 Å². The van der Waals surface area contributed by atoms with Crippen LogP contribution in [0.2, 0.25) is 0 Å². The van der Waals surface area contributed by atoms with Gasteiger partial charge in [-0.3, -0.25) is 9.59 Å². The van der Waals surface area contributed by atoms with Crippen LogP contribution in [-0.2, 0) is 61.5 Å². The fourth-order valence-corrected chi connectivity index (χ4v) is 9.80. The van der Waals surface area contributed by atoms with Gasteiger partial charge in [-0.1, -0.05) is 53.1 Å². The highest BCUT2D eigenvalue weighted by molar-refractivity contribution is 8.77. The van der Waals surface area contributed by atoms with Crippen molar-refractivity contribution in [3.8, 4) is 11.4 Å². The number of ether oxygens (including phenoxy) is 7. The van der Waals surface area contributed by atoms with E-state index in [2.05, 4.69) is 5.32 Å². The zero-order valence-electron chi connectivity index (χ0n) is 31.2. The number of benzene rings is 1. The Kier molecular flexibility index (Phi) is 15.3. The van der Waals surface area contributed by atoms with Gasteiger partial charge in [0.05, 0.1) is 81.9 Å². The van der Waals surface area contributed by atoms with Gasteiger partial charge < -0.3 is 43.0 Å². The first kappa shape index (κ1) is 41.0. The molecule has 5 heterocycles. The number of cyclic esters (lactones) is 1. The van der Waals surface area contributed by atoms with Gasteiger partial charge in [-0.15, -0.1) is 0 Å². The molecule has 1 aromatic carbocycles. The molecule has 1 saturated heterocycles. The summed E-state index contributed by atoms with van der Waals surface area (Å²) in [6, 6.07) is 11.4. The first-order chi connectivity index (χ1) is 26.9. The van der Waals surface area contributed by atoms with Gasteiger partial charge in [-0.05, 0) is 43.9 Å². The maximum absolute atomic E-state index is 13.7. The molecule has 55 heavy (non-hydrogen) atoms. The number of carbonyl (C=O) groups is 3. The molecule has 0 spiro atoms. The lowest BCUT2D eigenvalue weighted by Crippen LogP contribution is -2.47. The van der Waals surface area contributed by atoms with Crippen LogP contribution in [0.1, 0.15) is 62.1 Å². The molecular formula is C39H49N3O11S2. The Hall–Kier alpha value is -3.67. The molecule has 3 aliphatic rings. The van der Waals surface area contributed by atoms with E-state index in [4.69, 9.17) is 38.1 Å². The highest BCUT2D eigenvalue weighted by atomic mass is 33.1. The number of pyridine rings is 2. The number of hydrogen-bond acceptors (Lipinski definition) is 14. The third-order valence-corrected chi connectivity index (χ3v) is 12.7. The third kappa shape index (κ3) is 10.6. The Morgan fingerprint density at radius 2 is 1.69 bits per heavy atom. The number of para-hydroxylation sites is 1. The fraction of sp³-hybridized carbons (Fsp3) is 0.564. The van der Waals surface area contributed by atoms with Gasteiger partial charge in [0, 0.05) is 40.5 Å². The largest absolute Gasteiger partial charge is 0.509 e. The highest BCUT2D eigenvalue weighted by Crippen LogP contribution is 2.41. The monoisotopic (exact) mass is 799 g/mol. The van der Waals surface area contributed by atoms with Crippen molar-refractivity contribution in [2.24, 2.45) is 0 Å². The van der Waals surface area contributed by atoms with E-state index in [0.717, 1.165) is 34.6 Å². The lowest BCUT2D eigenvalue weighted by molar-refractivity contribution is -0.175. The van der Waals surface area contributed by atoms with Crippen LogP contribution in [-0.4, -0.2) is 105 Å². The third-order valence-electron chi connectivity index (χ3n) is 9.68. The SMILES string of the molecule is CCC1(OC(=O)OCCOCCOCCOCCOCCNC(=O)CCCCC2CCSS2)C(=O)OCc2c1cc1n(c2=O)Cc2cc3ccccc3nc2-1. The minimum atomic E-state index is -1.86. The number of fused-ring (bicyclic) bond motifs is 5. The number of unbranched alkanes of at least 4 members (excludes halogenated alkanes) is 1. The predicted octanol–water partition coefficient (Wildman–Crippen LogP) is 5.14. The lowest BCUT2D eigenvalue weighted by Gasteiger charge is -2.35. The molecule has 16 heteroatoms. The number of aromatic nitrogens is 2. The van der Waals surface area contributed by atoms with E-state index in [9.17, 15) is 19.2 Å². The van der Waals surface area contributed by atoms with Gasteiger partial charge in [0.15, 0.2) is 0 Å². The van der Waals surface area contributed by atoms with E-state index in [0.29, 0.717) is 70.5 Å². The summed E-state index contributed by atoms with van der Waals surface area (Å²) in [5.41, 5.74) is 1.22. The van der Waals surface area contributed by atoms with E-state index in [1.54, 1.807) is 17.6 Å².